The normalized spacial score (nSPS) is 18.0. The Hall–Kier alpha value is -2.42. The van der Waals surface area contributed by atoms with Crippen molar-refractivity contribution in [3.63, 3.8) is 0 Å². The summed E-state index contributed by atoms with van der Waals surface area (Å²) in [5.41, 5.74) is 2.82. The molecule has 0 amide bonds. The van der Waals surface area contributed by atoms with Gasteiger partial charge in [-0.3, -0.25) is 0 Å². The van der Waals surface area contributed by atoms with Crippen LogP contribution in [-0.2, 0) is 16.1 Å². The van der Waals surface area contributed by atoms with Crippen LogP contribution in [-0.4, -0.2) is 11.7 Å². The molecule has 1 aliphatic heterocycles. The van der Waals surface area contributed by atoms with Gasteiger partial charge in [-0.05, 0) is 11.1 Å². The molecule has 1 heterocycles. The summed E-state index contributed by atoms with van der Waals surface area (Å²) in [5.74, 6) is -0.668. The fourth-order valence-corrected chi connectivity index (χ4v) is 2.26. The third kappa shape index (κ3) is 2.40. The van der Waals surface area contributed by atoms with Crippen LogP contribution in [0, 0.1) is 0 Å². The van der Waals surface area contributed by atoms with Crippen LogP contribution in [0.2, 0.25) is 0 Å². The predicted molar refractivity (Wildman–Crippen MR) is 72.9 cm³/mol. The molecule has 3 heteroatoms. The Bertz CT molecular complexity index is 605. The molecule has 3 rings (SSSR count). The Labute approximate surface area is 111 Å². The Kier molecular flexibility index (Phi) is 3.11. The van der Waals surface area contributed by atoms with Crippen LogP contribution in [0.25, 0.3) is 0 Å². The zero-order chi connectivity index (χ0) is 13.1. The summed E-state index contributed by atoms with van der Waals surface area (Å²) in [6, 6.07) is 19.6. The van der Waals surface area contributed by atoms with E-state index in [1.165, 1.54) is 0 Å². The van der Waals surface area contributed by atoms with Gasteiger partial charge in [0, 0.05) is 6.42 Å². The van der Waals surface area contributed by atoms with Crippen LogP contribution >= 0.6 is 0 Å². The van der Waals surface area contributed by atoms with E-state index in [9.17, 15) is 4.79 Å². The molecule has 0 saturated carbocycles. The molecule has 2 aromatic rings. The molecule has 0 aromatic heterocycles. The predicted octanol–water partition coefficient (Wildman–Crippen LogP) is 2.93. The lowest BCUT2D eigenvalue weighted by Gasteiger charge is -2.09. The molecule has 0 saturated heterocycles. The fourth-order valence-electron chi connectivity index (χ4n) is 2.26. The van der Waals surface area contributed by atoms with Crippen molar-refractivity contribution in [2.24, 2.45) is 5.16 Å². The van der Waals surface area contributed by atoms with E-state index in [-0.39, 0.29) is 11.9 Å². The molecule has 94 valence electrons. The van der Waals surface area contributed by atoms with Crippen molar-refractivity contribution in [1.29, 1.82) is 0 Å². The first-order chi connectivity index (χ1) is 9.34. The van der Waals surface area contributed by atoms with Crippen molar-refractivity contribution >= 4 is 11.7 Å². The fraction of sp³-hybridized carbons (Fsp3) is 0.125. The van der Waals surface area contributed by atoms with Gasteiger partial charge in [-0.2, -0.15) is 0 Å². The van der Waals surface area contributed by atoms with E-state index in [2.05, 4.69) is 5.16 Å². The second kappa shape index (κ2) is 5.06. The van der Waals surface area contributed by atoms with Gasteiger partial charge in [-0.1, -0.05) is 65.8 Å². The molecule has 0 radical (unpaired) electrons. The monoisotopic (exact) mass is 251 g/mol. The third-order valence-corrected chi connectivity index (χ3v) is 3.18. The minimum Gasteiger partial charge on any atom is -0.317 e. The van der Waals surface area contributed by atoms with Gasteiger partial charge >= 0.3 is 5.97 Å². The van der Waals surface area contributed by atoms with Crippen LogP contribution in [0.5, 0.6) is 0 Å². The zero-order valence-electron chi connectivity index (χ0n) is 10.3. The first kappa shape index (κ1) is 11.7. The van der Waals surface area contributed by atoms with E-state index >= 15 is 0 Å². The van der Waals surface area contributed by atoms with E-state index in [1.807, 2.05) is 60.7 Å². The molecule has 0 bridgehead atoms. The van der Waals surface area contributed by atoms with Crippen molar-refractivity contribution in [1.82, 2.24) is 0 Å². The molecule has 3 nitrogen and oxygen atoms in total. The zero-order valence-corrected chi connectivity index (χ0v) is 10.3. The van der Waals surface area contributed by atoms with E-state index < -0.39 is 0 Å². The number of rotatable bonds is 3. The number of carbonyl (C=O) groups is 1. The molecule has 1 aliphatic rings. The lowest BCUT2D eigenvalue weighted by Crippen LogP contribution is -2.17. The largest absolute Gasteiger partial charge is 0.348 e. The molecule has 0 spiro atoms. The number of oxime groups is 1. The lowest BCUT2D eigenvalue weighted by molar-refractivity contribution is -0.141. The molecule has 0 N–H and O–H groups in total. The van der Waals surface area contributed by atoms with E-state index in [0.717, 1.165) is 16.8 Å². The summed E-state index contributed by atoms with van der Waals surface area (Å²) >= 11 is 0. The molecular formula is C16H13NO2. The van der Waals surface area contributed by atoms with Gasteiger partial charge in [0.1, 0.15) is 5.92 Å². The average Bonchev–Trinajstić information content (AvgIpc) is 2.82. The maximum atomic E-state index is 11.8. The summed E-state index contributed by atoms with van der Waals surface area (Å²) in [7, 11) is 0. The van der Waals surface area contributed by atoms with Gasteiger partial charge in [-0.15, -0.1) is 0 Å². The molecule has 0 aliphatic carbocycles. The van der Waals surface area contributed by atoms with Crippen molar-refractivity contribution in [2.45, 2.75) is 12.3 Å². The quantitative estimate of drug-likeness (QED) is 0.787. The van der Waals surface area contributed by atoms with Crippen LogP contribution in [0.1, 0.15) is 17.0 Å². The molecular weight excluding hydrogens is 238 g/mol. The molecule has 2 aromatic carbocycles. The number of carbonyl (C=O) groups excluding carboxylic acids is 1. The van der Waals surface area contributed by atoms with Gasteiger partial charge in [0.2, 0.25) is 0 Å². The topological polar surface area (TPSA) is 38.7 Å². The highest BCUT2D eigenvalue weighted by Gasteiger charge is 2.33. The smallest absolute Gasteiger partial charge is 0.317 e. The Morgan fingerprint density at radius 2 is 1.58 bits per heavy atom. The molecule has 19 heavy (non-hydrogen) atoms. The maximum absolute atomic E-state index is 11.8. The van der Waals surface area contributed by atoms with Crippen molar-refractivity contribution in [3.8, 4) is 0 Å². The van der Waals surface area contributed by atoms with Gasteiger partial charge in [0.05, 0.1) is 5.71 Å². The first-order valence-corrected chi connectivity index (χ1v) is 6.21. The highest BCUT2D eigenvalue weighted by Crippen LogP contribution is 2.26. The summed E-state index contributed by atoms with van der Waals surface area (Å²) in [4.78, 5) is 16.7. The number of hydrogen-bond donors (Lipinski definition) is 0. The highest BCUT2D eigenvalue weighted by atomic mass is 16.7. The SMILES string of the molecule is O=C1ON=C(Cc2ccccc2)C1c1ccccc1. The maximum Gasteiger partial charge on any atom is 0.348 e. The van der Waals surface area contributed by atoms with Gasteiger partial charge in [0.15, 0.2) is 0 Å². The Balaban J connectivity index is 1.87. The number of hydrogen-bond acceptors (Lipinski definition) is 3. The Morgan fingerprint density at radius 1 is 0.947 bits per heavy atom. The van der Waals surface area contributed by atoms with Gasteiger partial charge < -0.3 is 4.84 Å². The van der Waals surface area contributed by atoms with Crippen molar-refractivity contribution < 1.29 is 9.63 Å². The van der Waals surface area contributed by atoms with Gasteiger partial charge in [0.25, 0.3) is 0 Å². The number of nitrogens with zero attached hydrogens (tertiary/aromatic N) is 1. The van der Waals surface area contributed by atoms with E-state index in [1.54, 1.807) is 0 Å². The van der Waals surface area contributed by atoms with Crippen LogP contribution < -0.4 is 0 Å². The highest BCUT2D eigenvalue weighted by molar-refractivity contribution is 6.10. The molecule has 1 unspecified atom stereocenters. The minimum atomic E-state index is -0.374. The van der Waals surface area contributed by atoms with Crippen LogP contribution in [0.4, 0.5) is 0 Å². The second-order valence-corrected chi connectivity index (χ2v) is 4.50. The standard InChI is InChI=1S/C16H13NO2/c18-16-15(13-9-5-2-6-10-13)14(17-19-16)11-12-7-3-1-4-8-12/h1-10,15H,11H2. The summed E-state index contributed by atoms with van der Waals surface area (Å²) in [6.45, 7) is 0. The number of benzene rings is 2. The second-order valence-electron chi connectivity index (χ2n) is 4.50. The van der Waals surface area contributed by atoms with E-state index in [0.29, 0.717) is 6.42 Å². The average molecular weight is 251 g/mol. The molecule has 0 fully saturated rings. The van der Waals surface area contributed by atoms with Crippen molar-refractivity contribution in [2.75, 3.05) is 0 Å². The first-order valence-electron chi connectivity index (χ1n) is 6.21. The summed E-state index contributed by atoms with van der Waals surface area (Å²) in [5, 5.41) is 3.94. The van der Waals surface area contributed by atoms with Crippen molar-refractivity contribution in [3.05, 3.63) is 71.8 Å². The van der Waals surface area contributed by atoms with Crippen LogP contribution in [0.15, 0.2) is 65.8 Å². The lowest BCUT2D eigenvalue weighted by atomic mass is 9.91. The van der Waals surface area contributed by atoms with Crippen LogP contribution in [0.3, 0.4) is 0 Å². The Morgan fingerprint density at radius 3 is 2.26 bits per heavy atom. The van der Waals surface area contributed by atoms with E-state index in [4.69, 9.17) is 4.84 Å². The summed E-state index contributed by atoms with van der Waals surface area (Å²) in [6.07, 6.45) is 0.631. The third-order valence-electron chi connectivity index (χ3n) is 3.18. The summed E-state index contributed by atoms with van der Waals surface area (Å²) < 4.78 is 0. The molecule has 1 atom stereocenters. The van der Waals surface area contributed by atoms with Gasteiger partial charge in [-0.25, -0.2) is 4.79 Å². The minimum absolute atomic E-state index is 0.294.